The van der Waals surface area contributed by atoms with Crippen LogP contribution in [0.4, 0.5) is 26.3 Å². The van der Waals surface area contributed by atoms with Crippen LogP contribution in [0.1, 0.15) is 142 Å². The van der Waals surface area contributed by atoms with Crippen molar-refractivity contribution in [2.24, 2.45) is 22.7 Å². The molecule has 2 saturated carbocycles. The summed E-state index contributed by atoms with van der Waals surface area (Å²) in [5, 5.41) is 37.8. The molecule has 6 heterocycles. The van der Waals surface area contributed by atoms with Crippen LogP contribution in [0.3, 0.4) is 0 Å². The van der Waals surface area contributed by atoms with E-state index in [1.54, 1.807) is 24.3 Å². The molecule has 2 saturated heterocycles. The summed E-state index contributed by atoms with van der Waals surface area (Å²) in [6.07, 6.45) is 3.80. The van der Waals surface area contributed by atoms with Gasteiger partial charge in [0.2, 0.25) is 11.8 Å². The molecule has 2 N–H and O–H groups in total. The van der Waals surface area contributed by atoms with Gasteiger partial charge in [-0.1, -0.05) is 75.6 Å². The Bertz CT molecular complexity index is 4880. The average Bonchev–Trinajstić information content (AvgIpc) is 1.59. The van der Waals surface area contributed by atoms with Gasteiger partial charge < -0.3 is 38.3 Å². The molecule has 10 aromatic rings. The fraction of sp³-hybridized carbons (Fsp3) is 0.282. The summed E-state index contributed by atoms with van der Waals surface area (Å²) < 4.78 is 119. The minimum Gasteiger partial charge on any atom is -0.478 e. The van der Waals surface area contributed by atoms with E-state index in [0.29, 0.717) is 71.3 Å². The molecule has 4 aliphatic rings. The molecular formula is C78H62F6N8O8. The lowest BCUT2D eigenvalue weighted by Gasteiger charge is -2.28. The maximum Gasteiger partial charge on any atom is 0.335 e. The van der Waals surface area contributed by atoms with Crippen LogP contribution in [0.25, 0.3) is 44.6 Å². The second-order valence-electron chi connectivity index (χ2n) is 26.7. The van der Waals surface area contributed by atoms with E-state index in [1.165, 1.54) is 60.7 Å². The highest BCUT2D eigenvalue weighted by Crippen LogP contribution is 2.44. The Labute approximate surface area is 570 Å². The van der Waals surface area contributed by atoms with Gasteiger partial charge in [0.1, 0.15) is 70.8 Å². The molecule has 4 aromatic heterocycles. The van der Waals surface area contributed by atoms with Gasteiger partial charge in [0, 0.05) is 69.9 Å². The summed E-state index contributed by atoms with van der Waals surface area (Å²) in [6.45, 7) is 9.37. The van der Waals surface area contributed by atoms with Crippen molar-refractivity contribution >= 4 is 34.0 Å². The summed E-state index contributed by atoms with van der Waals surface area (Å²) in [6, 6.07) is 31.0. The number of carboxylic acid groups (broad SMARTS) is 2. The Balaban J connectivity index is 0.000000179. The lowest BCUT2D eigenvalue weighted by molar-refractivity contribution is 0.0686. The monoisotopic (exact) mass is 1350 g/mol. The Morgan fingerprint density at radius 2 is 0.920 bits per heavy atom. The first kappa shape index (κ1) is 67.3. The van der Waals surface area contributed by atoms with E-state index in [4.69, 9.17) is 39.4 Å². The molecule has 4 fully saturated rings. The topological polar surface area (TPSA) is 221 Å². The van der Waals surface area contributed by atoms with E-state index in [1.807, 2.05) is 49.0 Å². The number of carboxylic acids is 2. The summed E-state index contributed by atoms with van der Waals surface area (Å²) in [4.78, 5) is 42.7. The number of pyridine rings is 2. The van der Waals surface area contributed by atoms with Crippen LogP contribution in [0.2, 0.25) is 0 Å². The number of nitrogens with zero attached hydrogens (tertiary/aromatic N) is 8. The van der Waals surface area contributed by atoms with Crippen molar-refractivity contribution < 1.29 is 65.1 Å². The van der Waals surface area contributed by atoms with Gasteiger partial charge in [0.05, 0.1) is 106 Å². The Hall–Kier alpha value is -11.3. The van der Waals surface area contributed by atoms with Crippen molar-refractivity contribution in [2.75, 3.05) is 26.4 Å². The van der Waals surface area contributed by atoms with Crippen LogP contribution >= 0.6 is 0 Å². The van der Waals surface area contributed by atoms with Crippen molar-refractivity contribution in [1.82, 2.24) is 29.1 Å². The third-order valence-electron chi connectivity index (χ3n) is 18.2. The zero-order chi connectivity index (χ0) is 70.3. The standard InChI is InChI=1S/2C39H31F3N4O4/c2*1-39(2)21-49-20-34(39)46-33-15-27(38(47)48)13-24(10-8-22-6-7-22)37(33)45-35(46)16-26-14-31(42)28(17-30(26)41)32-4-3-5-36(44-32)50-19-25-11-9-23(18-43)12-29(25)40/h2*3-5,9,11-15,17,22,34H,6-7,16,19-21H2,1-2H3,(H,47,48). The lowest BCUT2D eigenvalue weighted by atomic mass is 9.87. The number of imidazole rings is 2. The minimum absolute atomic E-state index is 0.0484. The van der Waals surface area contributed by atoms with Crippen molar-refractivity contribution in [3.8, 4) is 70.1 Å². The molecule has 14 rings (SSSR count). The van der Waals surface area contributed by atoms with Crippen LogP contribution in [0, 0.1) is 104 Å². The quantitative estimate of drug-likeness (QED) is 0.0679. The van der Waals surface area contributed by atoms with Gasteiger partial charge in [-0.25, -0.2) is 55.9 Å². The van der Waals surface area contributed by atoms with Gasteiger partial charge in [-0.05, 0) is 122 Å². The molecule has 2 atom stereocenters. The van der Waals surface area contributed by atoms with Crippen LogP contribution in [0.5, 0.6) is 11.8 Å². The number of nitriles is 2. The molecular weight excluding hydrogens is 1290 g/mol. The molecule has 0 bridgehead atoms. The number of hydrogen-bond acceptors (Lipinski definition) is 12. The number of ether oxygens (including phenoxy) is 4. The third-order valence-corrected chi connectivity index (χ3v) is 18.2. The molecule has 0 spiro atoms. The average molecular weight is 1350 g/mol. The molecule has 2 unspecified atom stereocenters. The normalized spacial score (nSPS) is 16.5. The molecule has 2 aliphatic carbocycles. The minimum atomic E-state index is -1.11. The summed E-state index contributed by atoms with van der Waals surface area (Å²) in [5.41, 5.74) is 3.33. The first-order chi connectivity index (χ1) is 48.0. The summed E-state index contributed by atoms with van der Waals surface area (Å²) in [5.74, 6) is 7.96. The van der Waals surface area contributed by atoms with Gasteiger partial charge in [-0.3, -0.25) is 0 Å². The largest absolute Gasteiger partial charge is 0.478 e. The van der Waals surface area contributed by atoms with Crippen LogP contribution in [-0.4, -0.2) is 77.6 Å². The predicted molar refractivity (Wildman–Crippen MR) is 356 cm³/mol. The molecule has 22 heteroatoms. The predicted octanol–water partition coefficient (Wildman–Crippen LogP) is 15.2. The van der Waals surface area contributed by atoms with Crippen LogP contribution in [0.15, 0.2) is 121 Å². The molecule has 100 heavy (non-hydrogen) atoms. The Morgan fingerprint density at radius 3 is 1.27 bits per heavy atom. The number of benzene rings is 6. The van der Waals surface area contributed by atoms with Crippen molar-refractivity contribution in [1.29, 1.82) is 10.5 Å². The fourth-order valence-corrected chi connectivity index (χ4v) is 12.3. The van der Waals surface area contributed by atoms with E-state index in [0.717, 1.165) is 62.1 Å². The number of aromatic nitrogens is 6. The first-order valence-corrected chi connectivity index (χ1v) is 32.3. The zero-order valence-corrected chi connectivity index (χ0v) is 54.5. The number of aromatic carboxylic acids is 2. The first-order valence-electron chi connectivity index (χ1n) is 32.3. The van der Waals surface area contributed by atoms with E-state index in [-0.39, 0.29) is 140 Å². The number of rotatable bonds is 16. The van der Waals surface area contributed by atoms with E-state index in [2.05, 4.69) is 33.6 Å². The van der Waals surface area contributed by atoms with Crippen molar-refractivity contribution in [3.05, 3.63) is 224 Å². The number of halogens is 6. The zero-order valence-electron chi connectivity index (χ0n) is 54.5. The maximum absolute atomic E-state index is 15.9. The van der Waals surface area contributed by atoms with Gasteiger partial charge in [0.25, 0.3) is 0 Å². The third kappa shape index (κ3) is 14.3. The molecule has 16 nitrogen and oxygen atoms in total. The molecule has 0 radical (unpaired) electrons. The van der Waals surface area contributed by atoms with Gasteiger partial charge in [0.15, 0.2) is 0 Å². The number of fused-ring (bicyclic) bond motifs is 2. The van der Waals surface area contributed by atoms with Gasteiger partial charge in [-0.15, -0.1) is 0 Å². The highest BCUT2D eigenvalue weighted by molar-refractivity contribution is 5.96. The highest BCUT2D eigenvalue weighted by atomic mass is 19.1. The van der Waals surface area contributed by atoms with Crippen molar-refractivity contribution in [3.63, 3.8) is 0 Å². The molecule has 6 aromatic carbocycles. The molecule has 504 valence electrons. The Morgan fingerprint density at radius 1 is 0.520 bits per heavy atom. The smallest absolute Gasteiger partial charge is 0.335 e. The summed E-state index contributed by atoms with van der Waals surface area (Å²) >= 11 is 0. The summed E-state index contributed by atoms with van der Waals surface area (Å²) in [7, 11) is 0. The number of hydrogen-bond donors (Lipinski definition) is 2. The molecule has 2 aliphatic heterocycles. The van der Waals surface area contributed by atoms with Crippen LogP contribution < -0.4 is 9.47 Å². The van der Waals surface area contributed by atoms with E-state index < -0.39 is 46.8 Å². The van der Waals surface area contributed by atoms with E-state index in [9.17, 15) is 28.6 Å². The van der Waals surface area contributed by atoms with Crippen molar-refractivity contribution in [2.45, 2.75) is 91.5 Å². The fourth-order valence-electron chi connectivity index (χ4n) is 12.3. The Kier molecular flexibility index (Phi) is 18.5. The molecule has 0 amide bonds. The highest BCUT2D eigenvalue weighted by Gasteiger charge is 2.41. The van der Waals surface area contributed by atoms with Crippen LogP contribution in [-0.2, 0) is 35.5 Å². The van der Waals surface area contributed by atoms with Gasteiger partial charge >= 0.3 is 11.9 Å². The number of carbonyl (C=O) groups is 2. The second-order valence-corrected chi connectivity index (χ2v) is 26.7. The SMILES string of the molecule is CC1(C)COCC1n1c(Cc2cc(F)c(-c3cccc(OCc4ccc(C#N)cc4F)n3)cc2F)nc2c(C#CC3CC3)cc(C(=O)O)cc21.CC1(C)COCC1n1c(Cc2cc(F)c(-c3cccc(OCc4ccc(C#N)cc4F)n3)cc2F)nc2c(C#CC3CC3)cc(C(=O)O)cc21. The lowest BCUT2D eigenvalue weighted by Crippen LogP contribution is -2.27. The van der Waals surface area contributed by atoms with Gasteiger partial charge in [-0.2, -0.15) is 10.5 Å². The maximum atomic E-state index is 15.9. The second kappa shape index (κ2) is 27.5. The van der Waals surface area contributed by atoms with E-state index >= 15 is 17.6 Å².